The highest BCUT2D eigenvalue weighted by Crippen LogP contribution is 2.44. The van der Waals surface area contributed by atoms with Crippen molar-refractivity contribution < 1.29 is 4.39 Å². The second-order valence-corrected chi connectivity index (χ2v) is 5.57. The van der Waals surface area contributed by atoms with Crippen molar-refractivity contribution in [3.8, 4) is 0 Å². The number of halogens is 1. The van der Waals surface area contributed by atoms with Gasteiger partial charge in [-0.05, 0) is 50.2 Å². The maximum atomic E-state index is 12.8. The molecule has 1 aromatic rings. The van der Waals surface area contributed by atoms with Crippen molar-refractivity contribution >= 4 is 0 Å². The van der Waals surface area contributed by atoms with Gasteiger partial charge in [-0.1, -0.05) is 6.42 Å². The van der Waals surface area contributed by atoms with Gasteiger partial charge in [0, 0.05) is 12.1 Å². The molecule has 4 unspecified atom stereocenters. The number of rotatable bonds is 3. The third-order valence-electron chi connectivity index (χ3n) is 4.40. The number of nitrogens with zero attached hydrogens (tertiary/aromatic N) is 1. The Labute approximate surface area is 102 Å². The van der Waals surface area contributed by atoms with Crippen LogP contribution in [0.3, 0.4) is 0 Å². The third kappa shape index (κ3) is 2.21. The second kappa shape index (κ2) is 4.37. The smallest absolute Gasteiger partial charge is 0.141 e. The topological polar surface area (TPSA) is 24.9 Å². The molecule has 3 heteroatoms. The Hall–Kier alpha value is -0.960. The molecule has 0 amide bonds. The first-order chi connectivity index (χ1) is 8.22. The second-order valence-electron chi connectivity index (χ2n) is 5.57. The predicted octanol–water partition coefficient (Wildman–Crippen LogP) is 3.06. The number of aromatic nitrogens is 1. The number of nitrogens with one attached hydrogen (secondary N) is 1. The van der Waals surface area contributed by atoms with E-state index in [1.165, 1.54) is 37.9 Å². The highest BCUT2D eigenvalue weighted by molar-refractivity contribution is 5.10. The first kappa shape index (κ1) is 11.1. The van der Waals surface area contributed by atoms with Gasteiger partial charge in [0.25, 0.3) is 0 Å². The van der Waals surface area contributed by atoms with E-state index in [2.05, 4.69) is 17.2 Å². The van der Waals surface area contributed by atoms with E-state index in [9.17, 15) is 4.39 Å². The van der Waals surface area contributed by atoms with Crippen LogP contribution in [0, 0.1) is 17.7 Å². The van der Waals surface area contributed by atoms with E-state index >= 15 is 0 Å². The Bertz CT molecular complexity index is 390. The van der Waals surface area contributed by atoms with Gasteiger partial charge in [0.05, 0.1) is 11.9 Å². The van der Waals surface area contributed by atoms with Crippen molar-refractivity contribution in [2.24, 2.45) is 11.8 Å². The Balaban J connectivity index is 1.63. The molecule has 2 aliphatic carbocycles. The number of pyridine rings is 1. The summed E-state index contributed by atoms with van der Waals surface area (Å²) in [6.45, 7) is 2.12. The molecule has 1 aromatic heterocycles. The Morgan fingerprint density at radius 2 is 2.24 bits per heavy atom. The van der Waals surface area contributed by atoms with Crippen molar-refractivity contribution in [2.75, 3.05) is 0 Å². The Morgan fingerprint density at radius 3 is 2.82 bits per heavy atom. The normalized spacial score (nSPS) is 32.9. The summed E-state index contributed by atoms with van der Waals surface area (Å²) in [5.41, 5.74) is 0.939. The molecule has 2 nitrogen and oxygen atoms in total. The van der Waals surface area contributed by atoms with Crippen LogP contribution < -0.4 is 5.32 Å². The lowest BCUT2D eigenvalue weighted by atomic mass is 9.94. The fourth-order valence-corrected chi connectivity index (χ4v) is 3.50. The molecule has 3 rings (SSSR count). The molecule has 0 aromatic carbocycles. The van der Waals surface area contributed by atoms with Gasteiger partial charge < -0.3 is 5.32 Å². The van der Waals surface area contributed by atoms with E-state index in [-0.39, 0.29) is 11.9 Å². The van der Waals surface area contributed by atoms with Crippen LogP contribution >= 0.6 is 0 Å². The van der Waals surface area contributed by atoms with Crippen molar-refractivity contribution in [2.45, 2.75) is 44.7 Å². The number of hydrogen-bond donors (Lipinski definition) is 1. The molecule has 0 saturated heterocycles. The summed E-state index contributed by atoms with van der Waals surface area (Å²) in [4.78, 5) is 4.14. The zero-order valence-electron chi connectivity index (χ0n) is 10.2. The lowest BCUT2D eigenvalue weighted by molar-refractivity contribution is 0.324. The summed E-state index contributed by atoms with van der Waals surface area (Å²) in [7, 11) is 0. The van der Waals surface area contributed by atoms with Crippen molar-refractivity contribution in [3.63, 3.8) is 0 Å². The Morgan fingerprint density at radius 1 is 1.35 bits per heavy atom. The number of fused-ring (bicyclic) bond motifs is 2. The lowest BCUT2D eigenvalue weighted by Crippen LogP contribution is -2.36. The predicted molar refractivity (Wildman–Crippen MR) is 65.0 cm³/mol. The van der Waals surface area contributed by atoms with E-state index in [4.69, 9.17) is 0 Å². The third-order valence-corrected chi connectivity index (χ3v) is 4.40. The quantitative estimate of drug-likeness (QED) is 0.869. The summed E-state index contributed by atoms with van der Waals surface area (Å²) in [6.07, 6.45) is 6.82. The van der Waals surface area contributed by atoms with E-state index in [1.54, 1.807) is 6.07 Å². The standard InChI is InChI=1S/C14H19FN2/c1-9(13-5-4-12(15)8-16-13)17-14-7-10-2-3-11(14)6-10/h4-5,8-11,14,17H,2-3,6-7H2,1H3. The SMILES string of the molecule is CC(NC1CC2CCC1C2)c1ccc(F)cn1. The number of hydrogen-bond acceptors (Lipinski definition) is 2. The van der Waals surface area contributed by atoms with Crippen LogP contribution in [0.4, 0.5) is 4.39 Å². The molecule has 2 fully saturated rings. The summed E-state index contributed by atoms with van der Waals surface area (Å²) < 4.78 is 12.8. The molecule has 1 heterocycles. The maximum absolute atomic E-state index is 12.8. The van der Waals surface area contributed by atoms with Crippen LogP contribution in [0.2, 0.25) is 0 Å². The lowest BCUT2D eigenvalue weighted by Gasteiger charge is -2.26. The highest BCUT2D eigenvalue weighted by Gasteiger charge is 2.39. The molecule has 2 bridgehead atoms. The zero-order valence-corrected chi connectivity index (χ0v) is 10.2. The molecular formula is C14H19FN2. The van der Waals surface area contributed by atoms with Crippen LogP contribution in [0.25, 0.3) is 0 Å². The molecule has 2 aliphatic rings. The minimum Gasteiger partial charge on any atom is -0.306 e. The summed E-state index contributed by atoms with van der Waals surface area (Å²) in [5.74, 6) is 1.55. The summed E-state index contributed by atoms with van der Waals surface area (Å²) in [5, 5.41) is 3.66. The minimum atomic E-state index is -0.263. The monoisotopic (exact) mass is 234 g/mol. The van der Waals surface area contributed by atoms with Crippen molar-refractivity contribution in [1.82, 2.24) is 10.3 Å². The molecule has 0 spiro atoms. The van der Waals surface area contributed by atoms with E-state index in [0.717, 1.165) is 17.5 Å². The van der Waals surface area contributed by atoms with Crippen LogP contribution in [0.5, 0.6) is 0 Å². The average Bonchev–Trinajstić information content (AvgIpc) is 2.91. The fraction of sp³-hybridized carbons (Fsp3) is 0.643. The first-order valence-electron chi connectivity index (χ1n) is 6.60. The van der Waals surface area contributed by atoms with Gasteiger partial charge in [0.15, 0.2) is 0 Å². The van der Waals surface area contributed by atoms with E-state index in [0.29, 0.717) is 6.04 Å². The molecule has 0 aliphatic heterocycles. The van der Waals surface area contributed by atoms with Crippen LogP contribution in [-0.4, -0.2) is 11.0 Å². The van der Waals surface area contributed by atoms with Gasteiger partial charge >= 0.3 is 0 Å². The van der Waals surface area contributed by atoms with Crippen LogP contribution in [-0.2, 0) is 0 Å². The van der Waals surface area contributed by atoms with Gasteiger partial charge in [0.2, 0.25) is 0 Å². The molecule has 0 radical (unpaired) electrons. The fourth-order valence-electron chi connectivity index (χ4n) is 3.50. The van der Waals surface area contributed by atoms with Gasteiger partial charge in [-0.3, -0.25) is 4.98 Å². The van der Waals surface area contributed by atoms with Crippen LogP contribution in [0.15, 0.2) is 18.3 Å². The van der Waals surface area contributed by atoms with Gasteiger partial charge in [-0.2, -0.15) is 0 Å². The molecule has 92 valence electrons. The van der Waals surface area contributed by atoms with Crippen molar-refractivity contribution in [1.29, 1.82) is 0 Å². The van der Waals surface area contributed by atoms with Gasteiger partial charge in [0.1, 0.15) is 5.82 Å². The van der Waals surface area contributed by atoms with Crippen LogP contribution in [0.1, 0.15) is 44.3 Å². The zero-order chi connectivity index (χ0) is 11.8. The summed E-state index contributed by atoms with van der Waals surface area (Å²) in [6, 6.07) is 4.14. The molecule has 4 atom stereocenters. The summed E-state index contributed by atoms with van der Waals surface area (Å²) >= 11 is 0. The van der Waals surface area contributed by atoms with E-state index < -0.39 is 0 Å². The molecule has 17 heavy (non-hydrogen) atoms. The highest BCUT2D eigenvalue weighted by atomic mass is 19.1. The van der Waals surface area contributed by atoms with Gasteiger partial charge in [-0.15, -0.1) is 0 Å². The van der Waals surface area contributed by atoms with Crippen molar-refractivity contribution in [3.05, 3.63) is 29.8 Å². The van der Waals surface area contributed by atoms with Gasteiger partial charge in [-0.25, -0.2) is 4.39 Å². The first-order valence-corrected chi connectivity index (χ1v) is 6.60. The molecular weight excluding hydrogens is 215 g/mol. The Kier molecular flexibility index (Phi) is 2.87. The minimum absolute atomic E-state index is 0.222. The maximum Gasteiger partial charge on any atom is 0.141 e. The molecule has 2 saturated carbocycles. The largest absolute Gasteiger partial charge is 0.306 e. The van der Waals surface area contributed by atoms with E-state index in [1.807, 2.05) is 0 Å². The molecule has 1 N–H and O–H groups in total. The average molecular weight is 234 g/mol.